The van der Waals surface area contributed by atoms with E-state index in [1.165, 1.54) is 57.6 Å². The van der Waals surface area contributed by atoms with E-state index in [0.29, 0.717) is 0 Å². The minimum Gasteiger partial charge on any atom is -0.314 e. The highest BCUT2D eigenvalue weighted by atomic mass is 32.2. The lowest BCUT2D eigenvalue weighted by molar-refractivity contribution is 0.154. The van der Waals surface area contributed by atoms with Gasteiger partial charge in [-0.1, -0.05) is 13.3 Å². The Hall–Kier alpha value is 0.270. The lowest BCUT2D eigenvalue weighted by Gasteiger charge is -2.35. The van der Waals surface area contributed by atoms with Crippen LogP contribution < -0.4 is 5.32 Å². The average molecular weight is 230 g/mol. The molecule has 2 nitrogen and oxygen atoms in total. The number of hydrogen-bond donors (Lipinski definition) is 1. The molecule has 0 radical (unpaired) electrons. The van der Waals surface area contributed by atoms with Gasteiger partial charge in [-0.2, -0.15) is 11.8 Å². The van der Waals surface area contributed by atoms with E-state index in [-0.39, 0.29) is 0 Å². The molecule has 0 aromatic heterocycles. The van der Waals surface area contributed by atoms with E-state index >= 15 is 0 Å². The maximum atomic E-state index is 3.48. The predicted octanol–water partition coefficient (Wildman–Crippen LogP) is 2.20. The third kappa shape index (κ3) is 5.23. The highest BCUT2D eigenvalue weighted by molar-refractivity contribution is 7.98. The van der Waals surface area contributed by atoms with E-state index in [0.717, 1.165) is 6.04 Å². The normalized spacial score (nSPS) is 23.2. The zero-order valence-electron chi connectivity index (χ0n) is 10.3. The molecular formula is C12H26N2S. The summed E-state index contributed by atoms with van der Waals surface area (Å²) in [5, 5.41) is 3.48. The van der Waals surface area contributed by atoms with Crippen LogP contribution in [0.2, 0.25) is 0 Å². The van der Waals surface area contributed by atoms with Gasteiger partial charge in [-0.05, 0) is 37.8 Å². The number of nitrogens with zero attached hydrogens (tertiary/aromatic N) is 1. The fourth-order valence-corrected chi connectivity index (χ4v) is 2.73. The molecule has 1 saturated heterocycles. The second-order valence-corrected chi connectivity index (χ2v) is 5.34. The van der Waals surface area contributed by atoms with E-state index < -0.39 is 0 Å². The third-order valence-corrected chi connectivity index (χ3v) is 3.93. The molecule has 1 aliphatic heterocycles. The molecule has 0 aromatic rings. The molecule has 1 N–H and O–H groups in total. The van der Waals surface area contributed by atoms with Gasteiger partial charge in [0.25, 0.3) is 0 Å². The van der Waals surface area contributed by atoms with Crippen LogP contribution in [0.1, 0.15) is 32.6 Å². The molecule has 0 saturated carbocycles. The third-order valence-electron chi connectivity index (χ3n) is 3.24. The van der Waals surface area contributed by atoms with Gasteiger partial charge in [0.05, 0.1) is 0 Å². The summed E-state index contributed by atoms with van der Waals surface area (Å²) >= 11 is 1.97. The first-order valence-corrected chi connectivity index (χ1v) is 7.71. The van der Waals surface area contributed by atoms with Crippen molar-refractivity contribution in [2.75, 3.05) is 38.2 Å². The molecule has 1 rings (SSSR count). The Morgan fingerprint density at radius 3 is 2.93 bits per heavy atom. The van der Waals surface area contributed by atoms with E-state index in [4.69, 9.17) is 0 Å². The number of thioether (sulfide) groups is 1. The van der Waals surface area contributed by atoms with Gasteiger partial charge in [0.1, 0.15) is 0 Å². The SMILES string of the molecule is CCC1CNCCN1CCCCCSC. The topological polar surface area (TPSA) is 15.3 Å². The highest BCUT2D eigenvalue weighted by Crippen LogP contribution is 2.10. The molecule has 15 heavy (non-hydrogen) atoms. The first-order chi connectivity index (χ1) is 7.38. The molecule has 0 amide bonds. The van der Waals surface area contributed by atoms with Crippen LogP contribution in [-0.2, 0) is 0 Å². The van der Waals surface area contributed by atoms with E-state index in [1.807, 2.05) is 11.8 Å². The van der Waals surface area contributed by atoms with Crippen LogP contribution in [0.5, 0.6) is 0 Å². The van der Waals surface area contributed by atoms with Crippen molar-refractivity contribution in [3.63, 3.8) is 0 Å². The van der Waals surface area contributed by atoms with Crippen molar-refractivity contribution in [3.8, 4) is 0 Å². The highest BCUT2D eigenvalue weighted by Gasteiger charge is 2.19. The Bertz CT molecular complexity index is 153. The number of rotatable bonds is 7. The van der Waals surface area contributed by atoms with Crippen LogP contribution in [0.4, 0.5) is 0 Å². The summed E-state index contributed by atoms with van der Waals surface area (Å²) in [6.45, 7) is 7.25. The lowest BCUT2D eigenvalue weighted by atomic mass is 10.1. The van der Waals surface area contributed by atoms with Crippen LogP contribution >= 0.6 is 11.8 Å². The Morgan fingerprint density at radius 2 is 2.20 bits per heavy atom. The fraction of sp³-hybridized carbons (Fsp3) is 1.00. The molecule has 90 valence electrons. The predicted molar refractivity (Wildman–Crippen MR) is 70.8 cm³/mol. The second-order valence-electron chi connectivity index (χ2n) is 4.36. The van der Waals surface area contributed by atoms with Crippen molar-refractivity contribution in [1.82, 2.24) is 10.2 Å². The summed E-state index contributed by atoms with van der Waals surface area (Å²) in [6, 6.07) is 0.791. The number of piperazine rings is 1. The number of hydrogen-bond acceptors (Lipinski definition) is 3. The van der Waals surface area contributed by atoms with E-state index in [9.17, 15) is 0 Å². The van der Waals surface area contributed by atoms with Crippen molar-refractivity contribution in [2.24, 2.45) is 0 Å². The fourth-order valence-electron chi connectivity index (χ4n) is 2.24. The molecule has 0 bridgehead atoms. The summed E-state index contributed by atoms with van der Waals surface area (Å²) < 4.78 is 0. The standard InChI is InChI=1S/C12H26N2S/c1-3-12-11-13-7-9-14(12)8-5-4-6-10-15-2/h12-13H,3-11H2,1-2H3. The molecule has 0 spiro atoms. The minimum atomic E-state index is 0.791. The average Bonchev–Trinajstić information content (AvgIpc) is 2.29. The number of unbranched alkanes of at least 4 members (excludes halogenated alkanes) is 2. The molecule has 1 unspecified atom stereocenters. The molecule has 0 aromatic carbocycles. The summed E-state index contributed by atoms with van der Waals surface area (Å²) in [5.74, 6) is 1.33. The van der Waals surface area contributed by atoms with Crippen LogP contribution in [-0.4, -0.2) is 49.1 Å². The number of nitrogens with one attached hydrogen (secondary N) is 1. The zero-order valence-corrected chi connectivity index (χ0v) is 11.1. The Balaban J connectivity index is 2.07. The van der Waals surface area contributed by atoms with Crippen LogP contribution in [0.25, 0.3) is 0 Å². The van der Waals surface area contributed by atoms with Gasteiger partial charge in [0.2, 0.25) is 0 Å². The van der Waals surface area contributed by atoms with Crippen molar-refractivity contribution in [3.05, 3.63) is 0 Å². The van der Waals surface area contributed by atoms with Gasteiger partial charge < -0.3 is 5.32 Å². The summed E-state index contributed by atoms with van der Waals surface area (Å²) in [4.78, 5) is 2.68. The van der Waals surface area contributed by atoms with Crippen molar-refractivity contribution in [1.29, 1.82) is 0 Å². The molecule has 1 heterocycles. The Morgan fingerprint density at radius 1 is 1.33 bits per heavy atom. The van der Waals surface area contributed by atoms with Gasteiger partial charge in [-0.15, -0.1) is 0 Å². The minimum absolute atomic E-state index is 0.791. The van der Waals surface area contributed by atoms with Gasteiger partial charge >= 0.3 is 0 Å². The summed E-state index contributed by atoms with van der Waals surface area (Å²) in [6.07, 6.45) is 7.67. The van der Waals surface area contributed by atoms with Crippen LogP contribution in [0.3, 0.4) is 0 Å². The van der Waals surface area contributed by atoms with Crippen molar-refractivity contribution < 1.29 is 0 Å². The maximum Gasteiger partial charge on any atom is 0.0218 e. The lowest BCUT2D eigenvalue weighted by Crippen LogP contribution is -2.51. The summed E-state index contributed by atoms with van der Waals surface area (Å²) in [7, 11) is 0. The van der Waals surface area contributed by atoms with E-state index in [1.54, 1.807) is 0 Å². The molecule has 1 fully saturated rings. The van der Waals surface area contributed by atoms with Crippen molar-refractivity contribution >= 4 is 11.8 Å². The van der Waals surface area contributed by atoms with Gasteiger partial charge in [0.15, 0.2) is 0 Å². The summed E-state index contributed by atoms with van der Waals surface area (Å²) in [5.41, 5.74) is 0. The van der Waals surface area contributed by atoms with Gasteiger partial charge in [-0.3, -0.25) is 4.90 Å². The van der Waals surface area contributed by atoms with Crippen LogP contribution in [0, 0.1) is 0 Å². The van der Waals surface area contributed by atoms with E-state index in [2.05, 4.69) is 23.4 Å². The molecule has 0 aliphatic carbocycles. The largest absolute Gasteiger partial charge is 0.314 e. The molecular weight excluding hydrogens is 204 g/mol. The quantitative estimate of drug-likeness (QED) is 0.675. The smallest absolute Gasteiger partial charge is 0.0218 e. The second kappa shape index (κ2) is 8.43. The Labute approximate surface area is 99.2 Å². The molecule has 1 atom stereocenters. The zero-order chi connectivity index (χ0) is 10.9. The first kappa shape index (κ1) is 13.3. The van der Waals surface area contributed by atoms with Crippen LogP contribution in [0.15, 0.2) is 0 Å². The molecule has 1 aliphatic rings. The molecule has 3 heteroatoms. The van der Waals surface area contributed by atoms with Crippen molar-refractivity contribution in [2.45, 2.75) is 38.6 Å². The Kier molecular flexibility index (Phi) is 7.49. The maximum absolute atomic E-state index is 3.48. The monoisotopic (exact) mass is 230 g/mol. The first-order valence-electron chi connectivity index (χ1n) is 6.32. The van der Waals surface area contributed by atoms with Gasteiger partial charge in [-0.25, -0.2) is 0 Å². The van der Waals surface area contributed by atoms with Gasteiger partial charge in [0, 0.05) is 25.7 Å².